The maximum atomic E-state index is 12.2. The number of nitrogens with two attached hydrogens (primary N) is 1. The van der Waals surface area contributed by atoms with Crippen molar-refractivity contribution in [2.45, 2.75) is 6.61 Å². The van der Waals surface area contributed by atoms with Gasteiger partial charge in [0.1, 0.15) is 17.2 Å². The summed E-state index contributed by atoms with van der Waals surface area (Å²) in [6.45, 7) is -0.452. The molecule has 3 rings (SSSR count). The topological polar surface area (TPSA) is 136 Å². The van der Waals surface area contributed by atoms with E-state index in [9.17, 15) is 9.59 Å². The van der Waals surface area contributed by atoms with Crippen molar-refractivity contribution in [1.82, 2.24) is 10.1 Å². The molecule has 156 valence electrons. The van der Waals surface area contributed by atoms with Gasteiger partial charge in [0.2, 0.25) is 5.82 Å². The monoisotopic (exact) mass is 413 g/mol. The molecule has 30 heavy (non-hydrogen) atoms. The summed E-state index contributed by atoms with van der Waals surface area (Å²) in [5.41, 5.74) is 5.90. The minimum absolute atomic E-state index is 0.123. The van der Waals surface area contributed by atoms with E-state index < -0.39 is 11.9 Å². The van der Waals surface area contributed by atoms with Crippen LogP contribution in [0.3, 0.4) is 0 Å². The molecular weight excluding hydrogens is 394 g/mol. The number of esters is 1. The molecule has 0 saturated heterocycles. The van der Waals surface area contributed by atoms with Crippen molar-refractivity contribution in [3.8, 4) is 28.6 Å². The van der Waals surface area contributed by atoms with Crippen molar-refractivity contribution in [3.05, 3.63) is 53.9 Å². The normalized spacial score (nSPS) is 10.3. The fourth-order valence-electron chi connectivity index (χ4n) is 2.46. The minimum Gasteiger partial charge on any atom is -0.497 e. The lowest BCUT2D eigenvalue weighted by Crippen LogP contribution is -2.20. The van der Waals surface area contributed by atoms with Crippen LogP contribution in [0.1, 0.15) is 16.2 Å². The van der Waals surface area contributed by atoms with Gasteiger partial charge in [-0.15, -0.1) is 0 Å². The zero-order valence-corrected chi connectivity index (χ0v) is 16.3. The van der Waals surface area contributed by atoms with E-state index in [-0.39, 0.29) is 30.5 Å². The zero-order valence-electron chi connectivity index (χ0n) is 16.3. The molecule has 10 heteroatoms. The Morgan fingerprint density at radius 3 is 2.43 bits per heavy atom. The number of carbonyl (C=O) groups is 2. The molecule has 0 aliphatic carbocycles. The Balaban J connectivity index is 1.61. The second-order valence-corrected chi connectivity index (χ2v) is 5.93. The van der Waals surface area contributed by atoms with Gasteiger partial charge in [-0.2, -0.15) is 4.98 Å². The Labute approximate surface area is 171 Å². The lowest BCUT2D eigenvalue weighted by Gasteiger charge is -2.07. The summed E-state index contributed by atoms with van der Waals surface area (Å²) in [5, 5.41) is 3.90. The third-order valence-corrected chi connectivity index (χ3v) is 3.92. The van der Waals surface area contributed by atoms with Crippen LogP contribution >= 0.6 is 0 Å². The molecule has 3 aromatic rings. The summed E-state index contributed by atoms with van der Waals surface area (Å²) in [5.74, 6) is 0.772. The molecule has 0 aliphatic rings. The molecule has 2 aromatic carbocycles. The SMILES string of the molecule is COc1ccc(-c2noc(COC(=O)c3ccc(OCC(N)=O)cc3)n2)c(OC)c1. The highest BCUT2D eigenvalue weighted by Crippen LogP contribution is 2.31. The first-order chi connectivity index (χ1) is 14.5. The van der Waals surface area contributed by atoms with Crippen LogP contribution in [0.15, 0.2) is 47.0 Å². The van der Waals surface area contributed by atoms with Crippen LogP contribution in [0, 0.1) is 0 Å². The maximum absolute atomic E-state index is 12.2. The summed E-state index contributed by atoms with van der Waals surface area (Å²) in [6.07, 6.45) is 0. The third kappa shape index (κ3) is 5.04. The Morgan fingerprint density at radius 1 is 1.03 bits per heavy atom. The summed E-state index contributed by atoms with van der Waals surface area (Å²) in [7, 11) is 3.07. The standard InChI is InChI=1S/C20H19N3O7/c1-26-14-7-8-15(16(9-14)27-2)19-22-18(30-23-19)11-29-20(25)12-3-5-13(6-4-12)28-10-17(21)24/h3-9H,10-11H2,1-2H3,(H2,21,24). The summed E-state index contributed by atoms with van der Waals surface area (Å²) in [4.78, 5) is 27.1. The number of ether oxygens (including phenoxy) is 4. The second kappa shape index (κ2) is 9.41. The molecule has 0 radical (unpaired) electrons. The lowest BCUT2D eigenvalue weighted by atomic mass is 10.2. The van der Waals surface area contributed by atoms with Crippen LogP contribution in [0.2, 0.25) is 0 Å². The van der Waals surface area contributed by atoms with Gasteiger partial charge in [0.15, 0.2) is 13.2 Å². The number of amides is 1. The average molecular weight is 413 g/mol. The summed E-state index contributed by atoms with van der Waals surface area (Å²) >= 11 is 0. The van der Waals surface area contributed by atoms with Crippen molar-refractivity contribution in [1.29, 1.82) is 0 Å². The quantitative estimate of drug-likeness (QED) is 0.522. The maximum Gasteiger partial charge on any atom is 0.338 e. The number of primary amides is 1. The van der Waals surface area contributed by atoms with E-state index in [2.05, 4.69) is 10.1 Å². The highest BCUT2D eigenvalue weighted by molar-refractivity contribution is 5.89. The Kier molecular flexibility index (Phi) is 6.48. The first-order valence-electron chi connectivity index (χ1n) is 8.73. The number of carbonyl (C=O) groups excluding carboxylic acids is 2. The number of aromatic nitrogens is 2. The smallest absolute Gasteiger partial charge is 0.338 e. The van der Waals surface area contributed by atoms with Gasteiger partial charge in [-0.3, -0.25) is 4.79 Å². The van der Waals surface area contributed by atoms with Gasteiger partial charge in [0.25, 0.3) is 11.8 Å². The van der Waals surface area contributed by atoms with Crippen LogP contribution in [0.25, 0.3) is 11.4 Å². The Morgan fingerprint density at radius 2 is 1.77 bits per heavy atom. The summed E-state index contributed by atoms with van der Waals surface area (Å²) < 4.78 is 26.0. The van der Waals surface area contributed by atoms with E-state index >= 15 is 0 Å². The molecule has 1 aromatic heterocycles. The van der Waals surface area contributed by atoms with E-state index in [0.29, 0.717) is 22.8 Å². The number of rotatable bonds is 9. The highest BCUT2D eigenvalue weighted by atomic mass is 16.6. The second-order valence-electron chi connectivity index (χ2n) is 5.93. The fraction of sp³-hybridized carbons (Fsp3) is 0.200. The van der Waals surface area contributed by atoms with Gasteiger partial charge < -0.3 is 29.2 Å². The van der Waals surface area contributed by atoms with Crippen LogP contribution in [0.5, 0.6) is 17.2 Å². The molecule has 1 amide bonds. The van der Waals surface area contributed by atoms with E-state index in [1.807, 2.05) is 0 Å². The third-order valence-electron chi connectivity index (χ3n) is 3.92. The number of hydrogen-bond acceptors (Lipinski definition) is 9. The van der Waals surface area contributed by atoms with E-state index in [1.54, 1.807) is 25.3 Å². The molecule has 0 saturated carbocycles. The van der Waals surface area contributed by atoms with Gasteiger partial charge in [0, 0.05) is 6.07 Å². The van der Waals surface area contributed by atoms with Gasteiger partial charge in [0.05, 0.1) is 25.3 Å². The molecule has 1 heterocycles. The first-order valence-corrected chi connectivity index (χ1v) is 8.73. The van der Waals surface area contributed by atoms with Gasteiger partial charge in [-0.1, -0.05) is 5.16 Å². The van der Waals surface area contributed by atoms with E-state index in [4.69, 9.17) is 29.2 Å². The molecule has 0 aliphatic heterocycles. The van der Waals surface area contributed by atoms with Gasteiger partial charge in [-0.25, -0.2) is 4.79 Å². The molecule has 2 N–H and O–H groups in total. The first kappa shape index (κ1) is 20.6. The molecule has 0 bridgehead atoms. The Hall–Kier alpha value is -4.08. The van der Waals surface area contributed by atoms with Gasteiger partial charge in [-0.05, 0) is 36.4 Å². The molecule has 0 fully saturated rings. The van der Waals surface area contributed by atoms with Crippen molar-refractivity contribution in [2.75, 3.05) is 20.8 Å². The van der Waals surface area contributed by atoms with Crippen molar-refractivity contribution in [3.63, 3.8) is 0 Å². The highest BCUT2D eigenvalue weighted by Gasteiger charge is 2.16. The number of benzene rings is 2. The largest absolute Gasteiger partial charge is 0.497 e. The van der Waals surface area contributed by atoms with Crippen LogP contribution in [-0.2, 0) is 16.1 Å². The van der Waals surface area contributed by atoms with E-state index in [1.165, 1.54) is 31.4 Å². The van der Waals surface area contributed by atoms with Crippen LogP contribution in [-0.4, -0.2) is 42.8 Å². The lowest BCUT2D eigenvalue weighted by molar-refractivity contribution is -0.119. The average Bonchev–Trinajstić information content (AvgIpc) is 3.24. The van der Waals surface area contributed by atoms with Crippen LogP contribution < -0.4 is 19.9 Å². The van der Waals surface area contributed by atoms with E-state index in [0.717, 1.165) is 0 Å². The predicted molar refractivity (Wildman–Crippen MR) is 103 cm³/mol. The Bertz CT molecular complexity index is 1030. The number of nitrogens with zero attached hydrogens (tertiary/aromatic N) is 2. The fourth-order valence-corrected chi connectivity index (χ4v) is 2.46. The predicted octanol–water partition coefficient (Wildman–Crippen LogP) is 1.97. The summed E-state index contributed by atoms with van der Waals surface area (Å²) in [6, 6.07) is 11.2. The molecule has 0 atom stereocenters. The number of hydrogen-bond donors (Lipinski definition) is 1. The number of methoxy groups -OCH3 is 2. The van der Waals surface area contributed by atoms with Crippen molar-refractivity contribution < 1.29 is 33.1 Å². The molecule has 0 unspecified atom stereocenters. The molecule has 0 spiro atoms. The van der Waals surface area contributed by atoms with Crippen LogP contribution in [0.4, 0.5) is 0 Å². The van der Waals surface area contributed by atoms with Crippen molar-refractivity contribution >= 4 is 11.9 Å². The van der Waals surface area contributed by atoms with Crippen molar-refractivity contribution in [2.24, 2.45) is 5.73 Å². The molecule has 10 nitrogen and oxygen atoms in total. The molecular formula is C20H19N3O7. The minimum atomic E-state index is -0.593. The zero-order chi connectivity index (χ0) is 21.5. The van der Waals surface area contributed by atoms with Gasteiger partial charge >= 0.3 is 5.97 Å².